The molecule has 0 heterocycles. The van der Waals surface area contributed by atoms with Crippen LogP contribution < -0.4 is 9.47 Å². The second-order valence-electron chi connectivity index (χ2n) is 5.07. The van der Waals surface area contributed by atoms with Crippen LogP contribution >= 0.6 is 27.5 Å². The van der Waals surface area contributed by atoms with E-state index in [0.717, 1.165) is 27.2 Å². The predicted octanol–water partition coefficient (Wildman–Crippen LogP) is 5.10. The van der Waals surface area contributed by atoms with E-state index in [1.54, 1.807) is 25.3 Å². The van der Waals surface area contributed by atoms with Crippen molar-refractivity contribution in [1.82, 2.24) is 0 Å². The molecule has 0 saturated carbocycles. The van der Waals surface area contributed by atoms with Gasteiger partial charge >= 0.3 is 5.97 Å². The summed E-state index contributed by atoms with van der Waals surface area (Å²) in [7, 11) is 1.57. The molecule has 0 radical (unpaired) electrons. The summed E-state index contributed by atoms with van der Waals surface area (Å²) in [6.07, 6.45) is 2.60. The highest BCUT2D eigenvalue weighted by molar-refractivity contribution is 9.10. The Labute approximate surface area is 153 Å². The number of aryl methyl sites for hydroxylation is 1. The van der Waals surface area contributed by atoms with Crippen molar-refractivity contribution in [3.63, 3.8) is 0 Å². The van der Waals surface area contributed by atoms with E-state index < -0.39 is 5.97 Å². The number of methoxy groups -OCH3 is 1. The molecule has 6 heteroatoms. The number of carboxylic acid groups (broad SMARTS) is 1. The molecule has 0 bridgehead atoms. The lowest BCUT2D eigenvalue weighted by molar-refractivity contribution is -0.131. The van der Waals surface area contributed by atoms with Crippen molar-refractivity contribution >= 4 is 39.6 Å². The largest absolute Gasteiger partial charge is 0.496 e. The Morgan fingerprint density at radius 1 is 1.33 bits per heavy atom. The van der Waals surface area contributed by atoms with E-state index in [1.165, 1.54) is 6.08 Å². The third-order valence-corrected chi connectivity index (χ3v) is 4.03. The second kappa shape index (κ2) is 8.22. The van der Waals surface area contributed by atoms with Crippen molar-refractivity contribution in [2.45, 2.75) is 13.5 Å². The van der Waals surface area contributed by atoms with Gasteiger partial charge in [0.2, 0.25) is 0 Å². The Morgan fingerprint density at radius 3 is 2.71 bits per heavy atom. The van der Waals surface area contributed by atoms with Crippen LogP contribution in [0.25, 0.3) is 6.08 Å². The summed E-state index contributed by atoms with van der Waals surface area (Å²) >= 11 is 9.62. The lowest BCUT2D eigenvalue weighted by Gasteiger charge is -2.14. The minimum atomic E-state index is -0.999. The number of benzene rings is 2. The number of hydrogen-bond donors (Lipinski definition) is 1. The molecule has 0 aliphatic heterocycles. The van der Waals surface area contributed by atoms with Gasteiger partial charge in [-0.2, -0.15) is 0 Å². The molecule has 4 nitrogen and oxygen atoms in total. The first-order valence-corrected chi connectivity index (χ1v) is 8.24. The number of aliphatic carboxylic acids is 1. The third-order valence-electron chi connectivity index (χ3n) is 3.29. The Hall–Kier alpha value is -1.98. The molecule has 126 valence electrons. The summed E-state index contributed by atoms with van der Waals surface area (Å²) in [5.74, 6) is 0.266. The number of rotatable bonds is 6. The zero-order valence-corrected chi connectivity index (χ0v) is 15.5. The summed E-state index contributed by atoms with van der Waals surface area (Å²) in [6, 6.07) is 9.06. The molecule has 0 unspecified atom stereocenters. The van der Waals surface area contributed by atoms with Gasteiger partial charge in [-0.3, -0.25) is 0 Å². The van der Waals surface area contributed by atoms with Gasteiger partial charge in [0.25, 0.3) is 0 Å². The standard InChI is InChI=1S/C18H16BrClO4/c1-11-7-14(19)9-15(20)18(11)24-10-13-8-12(4-6-17(21)22)3-5-16(13)23-2/h3-9H,10H2,1-2H3,(H,21,22)/b6-4+. The van der Waals surface area contributed by atoms with E-state index in [4.69, 9.17) is 26.2 Å². The molecule has 0 aliphatic rings. The predicted molar refractivity (Wildman–Crippen MR) is 97.9 cm³/mol. The van der Waals surface area contributed by atoms with Gasteiger partial charge in [0.05, 0.1) is 12.1 Å². The van der Waals surface area contributed by atoms with Gasteiger partial charge in [0.1, 0.15) is 18.1 Å². The molecule has 0 amide bonds. The van der Waals surface area contributed by atoms with Crippen LogP contribution in [0.3, 0.4) is 0 Å². The fourth-order valence-electron chi connectivity index (χ4n) is 2.20. The van der Waals surface area contributed by atoms with E-state index in [9.17, 15) is 4.79 Å². The number of carboxylic acids is 1. The quantitative estimate of drug-likeness (QED) is 0.672. The Balaban J connectivity index is 2.25. The van der Waals surface area contributed by atoms with Gasteiger partial charge in [-0.15, -0.1) is 0 Å². The molecule has 0 atom stereocenters. The number of hydrogen-bond acceptors (Lipinski definition) is 3. The topological polar surface area (TPSA) is 55.8 Å². The molecule has 0 aliphatic carbocycles. The van der Waals surface area contributed by atoms with Crippen LogP contribution in [0.2, 0.25) is 5.02 Å². The number of ether oxygens (including phenoxy) is 2. The van der Waals surface area contributed by atoms with E-state index in [2.05, 4.69) is 15.9 Å². The van der Waals surface area contributed by atoms with Gasteiger partial charge < -0.3 is 14.6 Å². The van der Waals surface area contributed by atoms with E-state index >= 15 is 0 Å². The third kappa shape index (κ3) is 4.76. The fraction of sp³-hybridized carbons (Fsp3) is 0.167. The molecular weight excluding hydrogens is 396 g/mol. The van der Waals surface area contributed by atoms with Crippen molar-refractivity contribution in [2.24, 2.45) is 0 Å². The van der Waals surface area contributed by atoms with Gasteiger partial charge in [0.15, 0.2) is 0 Å². The maximum absolute atomic E-state index is 10.6. The van der Waals surface area contributed by atoms with Gasteiger partial charge in [-0.25, -0.2) is 4.79 Å². The molecule has 2 aromatic carbocycles. The lowest BCUT2D eigenvalue weighted by Crippen LogP contribution is -2.01. The smallest absolute Gasteiger partial charge is 0.328 e. The summed E-state index contributed by atoms with van der Waals surface area (Å²) in [5, 5.41) is 9.24. The highest BCUT2D eigenvalue weighted by atomic mass is 79.9. The van der Waals surface area contributed by atoms with Crippen molar-refractivity contribution in [3.8, 4) is 11.5 Å². The van der Waals surface area contributed by atoms with E-state index in [0.29, 0.717) is 16.5 Å². The molecular formula is C18H16BrClO4. The zero-order valence-electron chi connectivity index (χ0n) is 13.2. The van der Waals surface area contributed by atoms with Crippen molar-refractivity contribution in [1.29, 1.82) is 0 Å². The molecule has 0 spiro atoms. The first-order valence-electron chi connectivity index (χ1n) is 7.07. The average Bonchev–Trinajstić information content (AvgIpc) is 2.52. The number of halogens is 2. The monoisotopic (exact) mass is 410 g/mol. The maximum Gasteiger partial charge on any atom is 0.328 e. The molecule has 0 fully saturated rings. The normalized spacial score (nSPS) is 10.8. The SMILES string of the molecule is COc1ccc(/C=C/C(=O)O)cc1COc1c(C)cc(Br)cc1Cl. The van der Waals surface area contributed by atoms with Crippen LogP contribution in [-0.2, 0) is 11.4 Å². The average molecular weight is 412 g/mol. The van der Waals surface area contributed by atoms with E-state index in [-0.39, 0.29) is 6.61 Å². The Kier molecular flexibility index (Phi) is 6.29. The minimum Gasteiger partial charge on any atom is -0.496 e. The van der Waals surface area contributed by atoms with Crippen LogP contribution in [0.1, 0.15) is 16.7 Å². The van der Waals surface area contributed by atoms with Crippen LogP contribution in [-0.4, -0.2) is 18.2 Å². The molecule has 2 aromatic rings. The van der Waals surface area contributed by atoms with Gasteiger partial charge in [0, 0.05) is 16.1 Å². The van der Waals surface area contributed by atoms with Crippen molar-refractivity contribution in [2.75, 3.05) is 7.11 Å². The minimum absolute atomic E-state index is 0.250. The first-order chi connectivity index (χ1) is 11.4. The van der Waals surface area contributed by atoms with Gasteiger partial charge in [-0.1, -0.05) is 33.6 Å². The number of carbonyl (C=O) groups is 1. The van der Waals surface area contributed by atoms with Crippen LogP contribution in [0.15, 0.2) is 40.9 Å². The van der Waals surface area contributed by atoms with Crippen LogP contribution in [0, 0.1) is 6.92 Å². The van der Waals surface area contributed by atoms with Gasteiger partial charge in [-0.05, 0) is 48.4 Å². The summed E-state index contributed by atoms with van der Waals surface area (Å²) in [4.78, 5) is 10.6. The Morgan fingerprint density at radius 2 is 2.08 bits per heavy atom. The second-order valence-corrected chi connectivity index (χ2v) is 6.39. The molecule has 0 aromatic heterocycles. The van der Waals surface area contributed by atoms with E-state index in [1.807, 2.05) is 19.1 Å². The Bertz CT molecular complexity index is 764. The molecule has 24 heavy (non-hydrogen) atoms. The van der Waals surface area contributed by atoms with Crippen molar-refractivity contribution in [3.05, 3.63) is 62.6 Å². The van der Waals surface area contributed by atoms with Crippen molar-refractivity contribution < 1.29 is 19.4 Å². The molecule has 0 saturated heterocycles. The fourth-order valence-corrected chi connectivity index (χ4v) is 3.23. The highest BCUT2D eigenvalue weighted by Crippen LogP contribution is 2.33. The molecule has 2 rings (SSSR count). The van der Waals surface area contributed by atoms with Crippen LogP contribution in [0.4, 0.5) is 0 Å². The summed E-state index contributed by atoms with van der Waals surface area (Å²) in [6.45, 7) is 2.16. The van der Waals surface area contributed by atoms with Crippen LogP contribution in [0.5, 0.6) is 11.5 Å². The zero-order chi connectivity index (χ0) is 17.7. The lowest BCUT2D eigenvalue weighted by atomic mass is 10.1. The highest BCUT2D eigenvalue weighted by Gasteiger charge is 2.10. The summed E-state index contributed by atoms with van der Waals surface area (Å²) in [5.41, 5.74) is 2.45. The maximum atomic E-state index is 10.6. The molecule has 1 N–H and O–H groups in total. The summed E-state index contributed by atoms with van der Waals surface area (Å²) < 4.78 is 12.1. The first kappa shape index (κ1) is 18.4.